The molecule has 0 fully saturated rings. The lowest BCUT2D eigenvalue weighted by atomic mass is 9.96. The van der Waals surface area contributed by atoms with Gasteiger partial charge in [-0.05, 0) is 23.3 Å². The standard InChI is InChI=1S/C10H7N3O/c14-7-2-1-6-4-11-10-9(5-12-13-10)8(6)3-7/h1-2,4-5H,3H2,(H,11,12,13). The number of pyridine rings is 1. The Bertz CT molecular complexity index is 553. The molecule has 0 aliphatic heterocycles. The van der Waals surface area contributed by atoms with E-state index in [2.05, 4.69) is 15.2 Å². The molecule has 0 bridgehead atoms. The molecule has 0 atom stereocenters. The normalized spacial score (nSPS) is 14.7. The highest BCUT2D eigenvalue weighted by molar-refractivity contribution is 6.01. The Balaban J connectivity index is 2.39. The van der Waals surface area contributed by atoms with Gasteiger partial charge in [0.05, 0.1) is 6.20 Å². The van der Waals surface area contributed by atoms with Crippen molar-refractivity contribution in [2.24, 2.45) is 0 Å². The lowest BCUT2D eigenvalue weighted by Crippen LogP contribution is -2.06. The summed E-state index contributed by atoms with van der Waals surface area (Å²) in [5.74, 6) is 0.131. The number of aromatic amines is 1. The molecule has 0 aromatic carbocycles. The van der Waals surface area contributed by atoms with Crippen molar-refractivity contribution in [3.63, 3.8) is 0 Å². The Morgan fingerprint density at radius 2 is 2.21 bits per heavy atom. The van der Waals surface area contributed by atoms with Crippen molar-refractivity contribution in [1.29, 1.82) is 0 Å². The highest BCUT2D eigenvalue weighted by atomic mass is 16.1. The van der Waals surface area contributed by atoms with Crippen LogP contribution in [-0.4, -0.2) is 21.0 Å². The zero-order valence-electron chi connectivity index (χ0n) is 7.32. The van der Waals surface area contributed by atoms with Crippen molar-refractivity contribution in [3.05, 3.63) is 29.6 Å². The Morgan fingerprint density at radius 1 is 1.29 bits per heavy atom. The molecule has 0 unspecified atom stereocenters. The van der Waals surface area contributed by atoms with E-state index < -0.39 is 0 Å². The van der Waals surface area contributed by atoms with E-state index in [0.717, 1.165) is 22.2 Å². The van der Waals surface area contributed by atoms with Gasteiger partial charge in [-0.2, -0.15) is 5.10 Å². The van der Waals surface area contributed by atoms with E-state index in [1.807, 2.05) is 0 Å². The fraction of sp³-hybridized carbons (Fsp3) is 0.100. The summed E-state index contributed by atoms with van der Waals surface area (Å²) in [5.41, 5.74) is 2.78. The number of rotatable bonds is 0. The maximum atomic E-state index is 11.3. The van der Waals surface area contributed by atoms with Crippen LogP contribution in [0.4, 0.5) is 0 Å². The third-order valence-corrected chi connectivity index (χ3v) is 2.43. The summed E-state index contributed by atoms with van der Waals surface area (Å²) in [4.78, 5) is 15.5. The van der Waals surface area contributed by atoms with Crippen molar-refractivity contribution >= 4 is 22.9 Å². The maximum Gasteiger partial charge on any atom is 0.160 e. The zero-order valence-corrected chi connectivity index (χ0v) is 7.32. The van der Waals surface area contributed by atoms with Crippen LogP contribution in [0.15, 0.2) is 18.5 Å². The average molecular weight is 185 g/mol. The number of carbonyl (C=O) groups excluding carboxylic acids is 1. The molecule has 68 valence electrons. The molecule has 0 saturated heterocycles. The summed E-state index contributed by atoms with van der Waals surface area (Å²) in [6, 6.07) is 0. The second-order valence-electron chi connectivity index (χ2n) is 3.30. The SMILES string of the molecule is O=C1C=Cc2cnc3[nH]ncc3c2C1. The lowest BCUT2D eigenvalue weighted by Gasteiger charge is -2.08. The van der Waals surface area contributed by atoms with E-state index in [1.165, 1.54) is 0 Å². The van der Waals surface area contributed by atoms with Crippen LogP contribution >= 0.6 is 0 Å². The second kappa shape index (κ2) is 2.51. The number of allylic oxidation sites excluding steroid dienone is 1. The molecule has 4 heteroatoms. The number of nitrogens with one attached hydrogen (secondary N) is 1. The minimum absolute atomic E-state index is 0.131. The van der Waals surface area contributed by atoms with Crippen LogP contribution in [0.3, 0.4) is 0 Å². The van der Waals surface area contributed by atoms with Crippen molar-refractivity contribution in [2.45, 2.75) is 6.42 Å². The molecule has 4 nitrogen and oxygen atoms in total. The van der Waals surface area contributed by atoms with Gasteiger partial charge in [0, 0.05) is 18.0 Å². The molecule has 1 aliphatic carbocycles. The highest BCUT2D eigenvalue weighted by Gasteiger charge is 2.14. The van der Waals surface area contributed by atoms with Gasteiger partial charge < -0.3 is 0 Å². The van der Waals surface area contributed by atoms with E-state index in [0.29, 0.717) is 6.42 Å². The number of ketones is 1. The number of carbonyl (C=O) groups is 1. The third-order valence-electron chi connectivity index (χ3n) is 2.43. The van der Waals surface area contributed by atoms with E-state index in [4.69, 9.17) is 0 Å². The molecule has 1 N–H and O–H groups in total. The molecular weight excluding hydrogens is 178 g/mol. The number of nitrogens with zero attached hydrogens (tertiary/aromatic N) is 2. The summed E-state index contributed by atoms with van der Waals surface area (Å²) in [5, 5.41) is 7.64. The van der Waals surface area contributed by atoms with Gasteiger partial charge in [0.2, 0.25) is 0 Å². The number of aromatic nitrogens is 3. The summed E-state index contributed by atoms with van der Waals surface area (Å²) in [7, 11) is 0. The lowest BCUT2D eigenvalue weighted by molar-refractivity contribution is -0.114. The molecule has 0 saturated carbocycles. The van der Waals surface area contributed by atoms with Gasteiger partial charge in [-0.25, -0.2) is 4.98 Å². The van der Waals surface area contributed by atoms with Gasteiger partial charge in [0.1, 0.15) is 0 Å². The third kappa shape index (κ3) is 0.907. The first-order valence-electron chi connectivity index (χ1n) is 4.36. The summed E-state index contributed by atoms with van der Waals surface area (Å²) in [6.07, 6.45) is 7.33. The first kappa shape index (κ1) is 7.44. The fourth-order valence-electron chi connectivity index (χ4n) is 1.72. The van der Waals surface area contributed by atoms with Gasteiger partial charge in [-0.15, -0.1) is 0 Å². The largest absolute Gasteiger partial charge is 0.294 e. The van der Waals surface area contributed by atoms with Crippen LogP contribution in [0.5, 0.6) is 0 Å². The van der Waals surface area contributed by atoms with Gasteiger partial charge in [0.15, 0.2) is 11.4 Å². The topological polar surface area (TPSA) is 58.6 Å². The first-order chi connectivity index (χ1) is 6.84. The predicted molar refractivity (Wildman–Crippen MR) is 51.6 cm³/mol. The van der Waals surface area contributed by atoms with Crippen molar-refractivity contribution in [1.82, 2.24) is 15.2 Å². The quantitative estimate of drug-likeness (QED) is 0.668. The van der Waals surface area contributed by atoms with Crippen LogP contribution in [-0.2, 0) is 11.2 Å². The molecule has 14 heavy (non-hydrogen) atoms. The van der Waals surface area contributed by atoms with Crippen LogP contribution in [0, 0.1) is 0 Å². The van der Waals surface area contributed by atoms with Gasteiger partial charge in [-0.3, -0.25) is 9.89 Å². The van der Waals surface area contributed by atoms with E-state index in [1.54, 1.807) is 24.5 Å². The molecule has 1 aliphatic rings. The summed E-state index contributed by atoms with van der Waals surface area (Å²) >= 11 is 0. The number of hydrogen-bond acceptors (Lipinski definition) is 3. The first-order valence-corrected chi connectivity index (χ1v) is 4.36. The van der Waals surface area contributed by atoms with Crippen molar-refractivity contribution in [2.75, 3.05) is 0 Å². The van der Waals surface area contributed by atoms with Crippen LogP contribution in [0.2, 0.25) is 0 Å². The molecule has 2 heterocycles. The Hall–Kier alpha value is -1.97. The van der Waals surface area contributed by atoms with E-state index >= 15 is 0 Å². The summed E-state index contributed by atoms with van der Waals surface area (Å²) < 4.78 is 0. The molecule has 3 rings (SSSR count). The molecule has 2 aromatic heterocycles. The minimum Gasteiger partial charge on any atom is -0.294 e. The van der Waals surface area contributed by atoms with Crippen LogP contribution < -0.4 is 0 Å². The Kier molecular flexibility index (Phi) is 1.33. The van der Waals surface area contributed by atoms with Gasteiger partial charge >= 0.3 is 0 Å². The molecule has 2 aromatic rings. The Labute approximate surface area is 79.7 Å². The Morgan fingerprint density at radius 3 is 3.14 bits per heavy atom. The molecule has 0 spiro atoms. The average Bonchev–Trinajstić information content (AvgIpc) is 2.65. The smallest absolute Gasteiger partial charge is 0.160 e. The van der Waals surface area contributed by atoms with Crippen LogP contribution in [0.25, 0.3) is 17.1 Å². The monoisotopic (exact) mass is 185 g/mol. The van der Waals surface area contributed by atoms with Crippen molar-refractivity contribution in [3.8, 4) is 0 Å². The van der Waals surface area contributed by atoms with Gasteiger partial charge in [0.25, 0.3) is 0 Å². The van der Waals surface area contributed by atoms with Crippen LogP contribution in [0.1, 0.15) is 11.1 Å². The minimum atomic E-state index is 0.131. The zero-order chi connectivity index (χ0) is 9.54. The second-order valence-corrected chi connectivity index (χ2v) is 3.30. The van der Waals surface area contributed by atoms with Gasteiger partial charge in [-0.1, -0.05) is 0 Å². The van der Waals surface area contributed by atoms with E-state index in [9.17, 15) is 4.79 Å². The maximum absolute atomic E-state index is 11.3. The van der Waals surface area contributed by atoms with E-state index in [-0.39, 0.29) is 5.78 Å². The molecule has 0 amide bonds. The number of H-pyrrole nitrogens is 1. The number of fused-ring (bicyclic) bond motifs is 3. The van der Waals surface area contributed by atoms with Crippen molar-refractivity contribution < 1.29 is 4.79 Å². The molecular formula is C10H7N3O. The predicted octanol–water partition coefficient (Wildman–Crippen LogP) is 1.10. The molecule has 0 radical (unpaired) electrons. The highest BCUT2D eigenvalue weighted by Crippen LogP contribution is 2.23. The fourth-order valence-corrected chi connectivity index (χ4v) is 1.72. The summed E-state index contributed by atoms with van der Waals surface area (Å²) in [6.45, 7) is 0. The number of hydrogen-bond donors (Lipinski definition) is 1.